The molecule has 1 aliphatic heterocycles. The number of nitrogens with zero attached hydrogens (tertiary/aromatic N) is 4. The van der Waals surface area contributed by atoms with E-state index in [4.69, 9.17) is 10.5 Å². The third-order valence-corrected chi connectivity index (χ3v) is 4.47. The van der Waals surface area contributed by atoms with Crippen molar-refractivity contribution in [3.8, 4) is 5.75 Å². The van der Waals surface area contributed by atoms with Crippen molar-refractivity contribution in [2.75, 3.05) is 37.3 Å². The molecule has 1 saturated heterocycles. The first-order chi connectivity index (χ1) is 12.6. The van der Waals surface area contributed by atoms with Crippen LogP contribution >= 0.6 is 0 Å². The van der Waals surface area contributed by atoms with Crippen LogP contribution in [0.15, 0.2) is 24.3 Å². The van der Waals surface area contributed by atoms with E-state index in [1.807, 2.05) is 12.1 Å². The maximum atomic E-state index is 10.1. The fourth-order valence-electron chi connectivity index (χ4n) is 3.13. The van der Waals surface area contributed by atoms with Crippen molar-refractivity contribution in [2.45, 2.75) is 31.9 Å². The molecule has 1 atom stereocenters. The van der Waals surface area contributed by atoms with Crippen LogP contribution in [0.5, 0.6) is 5.75 Å². The summed E-state index contributed by atoms with van der Waals surface area (Å²) < 4.78 is 7.28. The molecule has 0 spiro atoms. The molecule has 0 amide bonds. The first kappa shape index (κ1) is 18.5. The van der Waals surface area contributed by atoms with Gasteiger partial charge in [0.25, 0.3) is 0 Å². The standard InChI is InChI=1S/C18H28N6O2/c1-23-18(21-17(19)22-23)20-11-15(25)13-26-16-7-5-6-14(10-16)12-24-8-3-2-4-9-24/h5-7,10,15,25H,2-4,8-9,11-13H2,1H3,(H3,19,20,21,22). The van der Waals surface area contributed by atoms with Crippen molar-refractivity contribution in [2.24, 2.45) is 7.05 Å². The number of aliphatic hydroxyl groups excluding tert-OH is 1. The van der Waals surface area contributed by atoms with Gasteiger partial charge in [-0.2, -0.15) is 4.98 Å². The summed E-state index contributed by atoms with van der Waals surface area (Å²) in [4.78, 5) is 6.51. The summed E-state index contributed by atoms with van der Waals surface area (Å²) in [6.45, 7) is 3.80. The normalized spacial score (nSPS) is 16.4. The van der Waals surface area contributed by atoms with Crippen LogP contribution in [-0.2, 0) is 13.6 Å². The van der Waals surface area contributed by atoms with E-state index in [2.05, 4.69) is 32.4 Å². The smallest absolute Gasteiger partial charge is 0.241 e. The Bertz CT molecular complexity index is 699. The molecule has 0 saturated carbocycles. The Morgan fingerprint density at radius 1 is 1.31 bits per heavy atom. The van der Waals surface area contributed by atoms with Crippen LogP contribution in [0, 0.1) is 0 Å². The third-order valence-electron chi connectivity index (χ3n) is 4.47. The van der Waals surface area contributed by atoms with Crippen molar-refractivity contribution in [3.63, 3.8) is 0 Å². The van der Waals surface area contributed by atoms with E-state index in [0.29, 0.717) is 12.5 Å². The highest BCUT2D eigenvalue weighted by atomic mass is 16.5. The Kier molecular flexibility index (Phi) is 6.30. The van der Waals surface area contributed by atoms with E-state index in [0.717, 1.165) is 12.3 Å². The van der Waals surface area contributed by atoms with Crippen LogP contribution in [0.3, 0.4) is 0 Å². The van der Waals surface area contributed by atoms with Gasteiger partial charge in [0.2, 0.25) is 11.9 Å². The molecule has 1 aromatic carbocycles. The Labute approximate surface area is 154 Å². The van der Waals surface area contributed by atoms with E-state index >= 15 is 0 Å². The van der Waals surface area contributed by atoms with Gasteiger partial charge < -0.3 is 20.9 Å². The van der Waals surface area contributed by atoms with E-state index in [-0.39, 0.29) is 12.6 Å². The zero-order valence-corrected chi connectivity index (χ0v) is 15.3. The third kappa shape index (κ3) is 5.34. The topological polar surface area (TPSA) is 101 Å². The summed E-state index contributed by atoms with van der Waals surface area (Å²) in [5.41, 5.74) is 6.77. The number of aliphatic hydroxyl groups is 1. The van der Waals surface area contributed by atoms with Crippen LogP contribution in [-0.4, -0.2) is 57.1 Å². The molecule has 2 aromatic rings. The lowest BCUT2D eigenvalue weighted by molar-refractivity contribution is 0.117. The number of benzene rings is 1. The number of aryl methyl sites for hydroxylation is 1. The Morgan fingerprint density at radius 3 is 2.85 bits per heavy atom. The van der Waals surface area contributed by atoms with Gasteiger partial charge in [0.1, 0.15) is 18.5 Å². The number of ether oxygens (including phenoxy) is 1. The van der Waals surface area contributed by atoms with Crippen molar-refractivity contribution in [1.29, 1.82) is 0 Å². The fourth-order valence-corrected chi connectivity index (χ4v) is 3.13. The molecule has 26 heavy (non-hydrogen) atoms. The Balaban J connectivity index is 1.44. The molecule has 2 heterocycles. The minimum Gasteiger partial charge on any atom is -0.491 e. The molecule has 1 aromatic heterocycles. The van der Waals surface area contributed by atoms with Crippen LogP contribution in [0.1, 0.15) is 24.8 Å². The van der Waals surface area contributed by atoms with Crippen LogP contribution in [0.25, 0.3) is 0 Å². The molecule has 8 heteroatoms. The average Bonchev–Trinajstić information content (AvgIpc) is 2.97. The second kappa shape index (κ2) is 8.86. The number of hydrogen-bond acceptors (Lipinski definition) is 7. The lowest BCUT2D eigenvalue weighted by Crippen LogP contribution is -2.29. The number of nitrogens with one attached hydrogen (secondary N) is 1. The maximum absolute atomic E-state index is 10.1. The predicted molar refractivity (Wildman–Crippen MR) is 101 cm³/mol. The molecular weight excluding hydrogens is 332 g/mol. The van der Waals surface area contributed by atoms with Crippen molar-refractivity contribution < 1.29 is 9.84 Å². The predicted octanol–water partition coefficient (Wildman–Crippen LogP) is 1.23. The van der Waals surface area contributed by atoms with Gasteiger partial charge in [0.05, 0.1) is 0 Å². The maximum Gasteiger partial charge on any atom is 0.241 e. The van der Waals surface area contributed by atoms with Crippen molar-refractivity contribution in [1.82, 2.24) is 19.7 Å². The fraction of sp³-hybridized carbons (Fsp3) is 0.556. The summed E-state index contributed by atoms with van der Waals surface area (Å²) >= 11 is 0. The first-order valence-corrected chi connectivity index (χ1v) is 9.12. The molecule has 0 aliphatic carbocycles. The molecule has 0 radical (unpaired) electrons. The van der Waals surface area contributed by atoms with E-state index < -0.39 is 6.10 Å². The molecule has 1 unspecified atom stereocenters. The van der Waals surface area contributed by atoms with E-state index in [1.165, 1.54) is 42.6 Å². The first-order valence-electron chi connectivity index (χ1n) is 9.12. The second-order valence-corrected chi connectivity index (χ2v) is 6.75. The number of likely N-dealkylation sites (tertiary alicyclic amines) is 1. The SMILES string of the molecule is Cn1nc(N)nc1NCC(O)COc1cccc(CN2CCCCC2)c1. The molecule has 1 fully saturated rings. The second-order valence-electron chi connectivity index (χ2n) is 6.75. The number of rotatable bonds is 8. The molecule has 4 N–H and O–H groups in total. The summed E-state index contributed by atoms with van der Waals surface area (Å²) in [6.07, 6.45) is 3.24. The van der Waals surface area contributed by atoms with Crippen LogP contribution in [0.4, 0.5) is 11.9 Å². The lowest BCUT2D eigenvalue weighted by atomic mass is 10.1. The van der Waals surface area contributed by atoms with E-state index in [9.17, 15) is 5.11 Å². The largest absolute Gasteiger partial charge is 0.491 e. The highest BCUT2D eigenvalue weighted by Gasteiger charge is 2.12. The molecule has 1 aliphatic rings. The highest BCUT2D eigenvalue weighted by Crippen LogP contribution is 2.18. The van der Waals surface area contributed by atoms with Gasteiger partial charge in [-0.15, -0.1) is 5.10 Å². The Morgan fingerprint density at radius 2 is 2.12 bits per heavy atom. The zero-order valence-electron chi connectivity index (χ0n) is 15.3. The monoisotopic (exact) mass is 360 g/mol. The summed E-state index contributed by atoms with van der Waals surface area (Å²) in [6, 6.07) is 8.10. The molecule has 0 bridgehead atoms. The Hall–Kier alpha value is -2.32. The number of anilines is 2. The zero-order chi connectivity index (χ0) is 18.4. The number of nitrogens with two attached hydrogens (primary N) is 1. The molecular formula is C18H28N6O2. The van der Waals surface area contributed by atoms with Gasteiger partial charge >= 0.3 is 0 Å². The van der Waals surface area contributed by atoms with Gasteiger partial charge in [-0.3, -0.25) is 4.90 Å². The lowest BCUT2D eigenvalue weighted by Gasteiger charge is -2.26. The van der Waals surface area contributed by atoms with Crippen molar-refractivity contribution >= 4 is 11.9 Å². The quantitative estimate of drug-likeness (QED) is 0.651. The molecule has 142 valence electrons. The van der Waals surface area contributed by atoms with Gasteiger partial charge in [-0.05, 0) is 43.6 Å². The summed E-state index contributed by atoms with van der Waals surface area (Å²) in [7, 11) is 1.74. The average molecular weight is 360 g/mol. The number of hydrogen-bond donors (Lipinski definition) is 3. The van der Waals surface area contributed by atoms with Crippen molar-refractivity contribution in [3.05, 3.63) is 29.8 Å². The number of piperidine rings is 1. The van der Waals surface area contributed by atoms with E-state index in [1.54, 1.807) is 7.05 Å². The van der Waals surface area contributed by atoms with Crippen LogP contribution in [0.2, 0.25) is 0 Å². The molecule has 3 rings (SSSR count). The van der Waals surface area contributed by atoms with Gasteiger partial charge in [-0.1, -0.05) is 18.6 Å². The minimum atomic E-state index is -0.668. The number of aromatic nitrogens is 3. The van der Waals surface area contributed by atoms with Gasteiger partial charge in [0.15, 0.2) is 0 Å². The number of nitrogen functional groups attached to an aromatic ring is 1. The molecule has 8 nitrogen and oxygen atoms in total. The highest BCUT2D eigenvalue weighted by molar-refractivity contribution is 5.31. The van der Waals surface area contributed by atoms with Crippen LogP contribution < -0.4 is 15.8 Å². The summed E-state index contributed by atoms with van der Waals surface area (Å²) in [5, 5.41) is 17.1. The van der Waals surface area contributed by atoms with Gasteiger partial charge in [0, 0.05) is 20.1 Å². The minimum absolute atomic E-state index is 0.200. The van der Waals surface area contributed by atoms with Gasteiger partial charge in [-0.25, -0.2) is 4.68 Å². The summed E-state index contributed by atoms with van der Waals surface area (Å²) in [5.74, 6) is 1.50.